The molecule has 3 heteroatoms. The molecule has 0 saturated heterocycles. The van der Waals surface area contributed by atoms with Crippen LogP contribution in [0.25, 0.3) is 21.9 Å². The fourth-order valence-corrected chi connectivity index (χ4v) is 2.21. The lowest BCUT2D eigenvalue weighted by Crippen LogP contribution is -1.93. The van der Waals surface area contributed by atoms with Gasteiger partial charge in [-0.1, -0.05) is 11.6 Å². The topological polar surface area (TPSA) is 37.8 Å². The molecular formula is C13H12N2O. The molecule has 0 bridgehead atoms. The van der Waals surface area contributed by atoms with Crippen LogP contribution in [0.4, 0.5) is 0 Å². The Bertz CT molecular complexity index is 703. The van der Waals surface area contributed by atoms with E-state index >= 15 is 0 Å². The summed E-state index contributed by atoms with van der Waals surface area (Å²) < 4.78 is 1.89. The maximum Gasteiger partial charge on any atom is 0.166 e. The predicted molar refractivity (Wildman–Crippen MR) is 64.9 cm³/mol. The van der Waals surface area contributed by atoms with Gasteiger partial charge in [0, 0.05) is 23.3 Å². The summed E-state index contributed by atoms with van der Waals surface area (Å²) in [4.78, 5) is 14.2. The van der Waals surface area contributed by atoms with Crippen LogP contribution in [0, 0.1) is 6.92 Å². The standard InChI is InChI=1S/C13H12N2O/c1-8-3-4-12-10(5-8)11-6-9(7-16)15(2)13(11)14-12/h3-7,14H,1-2H3. The molecular weight excluding hydrogens is 200 g/mol. The van der Waals surface area contributed by atoms with E-state index < -0.39 is 0 Å². The molecule has 2 aromatic heterocycles. The van der Waals surface area contributed by atoms with E-state index in [-0.39, 0.29) is 0 Å². The molecule has 16 heavy (non-hydrogen) atoms. The molecule has 0 aliphatic heterocycles. The Hall–Kier alpha value is -2.03. The van der Waals surface area contributed by atoms with Gasteiger partial charge in [-0.3, -0.25) is 4.79 Å². The van der Waals surface area contributed by atoms with Crippen molar-refractivity contribution in [2.75, 3.05) is 0 Å². The number of carbonyl (C=O) groups excluding carboxylic acids is 1. The molecule has 1 N–H and O–H groups in total. The lowest BCUT2D eigenvalue weighted by atomic mass is 10.1. The highest BCUT2D eigenvalue weighted by atomic mass is 16.1. The Morgan fingerprint density at radius 1 is 1.25 bits per heavy atom. The van der Waals surface area contributed by atoms with E-state index in [1.165, 1.54) is 10.9 Å². The van der Waals surface area contributed by atoms with Crippen LogP contribution < -0.4 is 0 Å². The number of hydrogen-bond donors (Lipinski definition) is 1. The highest BCUT2D eigenvalue weighted by Crippen LogP contribution is 2.27. The zero-order chi connectivity index (χ0) is 11.3. The fraction of sp³-hybridized carbons (Fsp3) is 0.154. The molecule has 0 spiro atoms. The van der Waals surface area contributed by atoms with E-state index in [0.29, 0.717) is 5.69 Å². The number of aromatic nitrogens is 2. The van der Waals surface area contributed by atoms with Crippen molar-refractivity contribution in [2.45, 2.75) is 6.92 Å². The molecule has 0 radical (unpaired) electrons. The molecule has 1 aromatic carbocycles. The monoisotopic (exact) mass is 212 g/mol. The maximum atomic E-state index is 10.9. The molecule has 0 aliphatic carbocycles. The van der Waals surface area contributed by atoms with Crippen LogP contribution in [0.15, 0.2) is 24.3 Å². The number of aldehydes is 1. The van der Waals surface area contributed by atoms with Gasteiger partial charge in [-0.25, -0.2) is 0 Å². The number of aromatic amines is 1. The van der Waals surface area contributed by atoms with Crippen molar-refractivity contribution in [1.29, 1.82) is 0 Å². The zero-order valence-electron chi connectivity index (χ0n) is 9.24. The molecule has 0 aliphatic rings. The van der Waals surface area contributed by atoms with Gasteiger partial charge in [-0.15, -0.1) is 0 Å². The number of hydrogen-bond acceptors (Lipinski definition) is 1. The molecule has 0 unspecified atom stereocenters. The van der Waals surface area contributed by atoms with Crippen molar-refractivity contribution < 1.29 is 4.79 Å². The average Bonchev–Trinajstić information content (AvgIpc) is 2.77. The summed E-state index contributed by atoms with van der Waals surface area (Å²) in [5.74, 6) is 0. The van der Waals surface area contributed by atoms with Gasteiger partial charge in [0.1, 0.15) is 5.65 Å². The first-order valence-corrected chi connectivity index (χ1v) is 5.23. The molecule has 3 aromatic rings. The van der Waals surface area contributed by atoms with Crippen molar-refractivity contribution >= 4 is 28.2 Å². The lowest BCUT2D eigenvalue weighted by Gasteiger charge is -1.95. The maximum absolute atomic E-state index is 10.9. The number of fused-ring (bicyclic) bond motifs is 3. The second kappa shape index (κ2) is 2.98. The van der Waals surface area contributed by atoms with Crippen molar-refractivity contribution in [3.8, 4) is 0 Å². The second-order valence-electron chi connectivity index (χ2n) is 4.18. The Balaban J connectivity index is 2.51. The van der Waals surface area contributed by atoms with Crippen LogP contribution in [0.5, 0.6) is 0 Å². The Morgan fingerprint density at radius 3 is 2.81 bits per heavy atom. The van der Waals surface area contributed by atoms with Crippen LogP contribution in [0.1, 0.15) is 16.1 Å². The van der Waals surface area contributed by atoms with Gasteiger partial charge >= 0.3 is 0 Å². The van der Waals surface area contributed by atoms with Gasteiger partial charge in [0.2, 0.25) is 0 Å². The zero-order valence-corrected chi connectivity index (χ0v) is 9.24. The quantitative estimate of drug-likeness (QED) is 0.619. The SMILES string of the molecule is Cc1ccc2[nH]c3c(cc(C=O)n3C)c2c1. The normalized spacial score (nSPS) is 11.4. The fourth-order valence-electron chi connectivity index (χ4n) is 2.21. The van der Waals surface area contributed by atoms with Crippen molar-refractivity contribution in [3.63, 3.8) is 0 Å². The second-order valence-corrected chi connectivity index (χ2v) is 4.18. The van der Waals surface area contributed by atoms with E-state index in [2.05, 4.69) is 30.1 Å². The van der Waals surface area contributed by atoms with E-state index in [9.17, 15) is 4.79 Å². The molecule has 0 amide bonds. The van der Waals surface area contributed by atoms with Gasteiger partial charge < -0.3 is 9.55 Å². The molecule has 3 nitrogen and oxygen atoms in total. The largest absolute Gasteiger partial charge is 0.341 e. The van der Waals surface area contributed by atoms with Gasteiger partial charge in [0.15, 0.2) is 6.29 Å². The number of H-pyrrole nitrogens is 1. The Morgan fingerprint density at radius 2 is 2.06 bits per heavy atom. The van der Waals surface area contributed by atoms with Crippen molar-refractivity contribution in [2.24, 2.45) is 7.05 Å². The Kier molecular flexibility index (Phi) is 1.72. The first kappa shape index (κ1) is 9.21. The molecule has 80 valence electrons. The summed E-state index contributed by atoms with van der Waals surface area (Å²) >= 11 is 0. The van der Waals surface area contributed by atoms with E-state index in [4.69, 9.17) is 0 Å². The van der Waals surface area contributed by atoms with E-state index in [1.54, 1.807) is 0 Å². The third-order valence-corrected chi connectivity index (χ3v) is 3.11. The van der Waals surface area contributed by atoms with Crippen LogP contribution in [0.2, 0.25) is 0 Å². The number of nitrogens with zero attached hydrogens (tertiary/aromatic N) is 1. The van der Waals surface area contributed by atoms with Crippen molar-refractivity contribution in [1.82, 2.24) is 9.55 Å². The van der Waals surface area contributed by atoms with E-state index in [0.717, 1.165) is 22.8 Å². The van der Waals surface area contributed by atoms with Crippen LogP contribution in [-0.2, 0) is 7.05 Å². The van der Waals surface area contributed by atoms with Gasteiger partial charge in [-0.2, -0.15) is 0 Å². The van der Waals surface area contributed by atoms with Gasteiger partial charge in [0.05, 0.1) is 5.69 Å². The molecule has 0 saturated carbocycles. The molecule has 0 fully saturated rings. The third kappa shape index (κ3) is 1.05. The summed E-state index contributed by atoms with van der Waals surface area (Å²) in [5.41, 5.74) is 4.04. The van der Waals surface area contributed by atoms with Gasteiger partial charge in [-0.05, 0) is 25.1 Å². The summed E-state index contributed by atoms with van der Waals surface area (Å²) in [6, 6.07) is 8.23. The Labute approximate surface area is 92.7 Å². The lowest BCUT2D eigenvalue weighted by molar-refractivity contribution is 0.111. The smallest absolute Gasteiger partial charge is 0.166 e. The highest BCUT2D eigenvalue weighted by Gasteiger charge is 2.10. The first-order valence-electron chi connectivity index (χ1n) is 5.23. The minimum Gasteiger partial charge on any atom is -0.341 e. The molecule has 3 rings (SSSR count). The van der Waals surface area contributed by atoms with Crippen molar-refractivity contribution in [3.05, 3.63) is 35.5 Å². The minimum absolute atomic E-state index is 0.699. The molecule has 2 heterocycles. The van der Waals surface area contributed by atoms with Crippen LogP contribution in [0.3, 0.4) is 0 Å². The number of nitrogens with one attached hydrogen (secondary N) is 1. The van der Waals surface area contributed by atoms with E-state index in [1.807, 2.05) is 17.7 Å². The first-order chi connectivity index (χ1) is 7.70. The third-order valence-electron chi connectivity index (χ3n) is 3.11. The van der Waals surface area contributed by atoms with Gasteiger partial charge in [0.25, 0.3) is 0 Å². The summed E-state index contributed by atoms with van der Waals surface area (Å²) in [7, 11) is 1.90. The summed E-state index contributed by atoms with van der Waals surface area (Å²) in [6.45, 7) is 2.07. The predicted octanol–water partition coefficient (Wildman–Crippen LogP) is 2.78. The number of benzene rings is 1. The average molecular weight is 212 g/mol. The number of carbonyl (C=O) groups is 1. The highest BCUT2D eigenvalue weighted by molar-refractivity contribution is 6.08. The molecule has 0 atom stereocenters. The summed E-state index contributed by atoms with van der Waals surface area (Å²) in [5, 5.41) is 2.29. The minimum atomic E-state index is 0.699. The number of aryl methyl sites for hydroxylation is 2. The number of rotatable bonds is 1. The van der Waals surface area contributed by atoms with Crippen LogP contribution >= 0.6 is 0 Å². The van der Waals surface area contributed by atoms with Crippen LogP contribution in [-0.4, -0.2) is 15.8 Å². The summed E-state index contributed by atoms with van der Waals surface area (Å²) in [6.07, 6.45) is 0.884.